The highest BCUT2D eigenvalue weighted by Crippen LogP contribution is 2.30. The summed E-state index contributed by atoms with van der Waals surface area (Å²) in [4.78, 5) is 13.9. The Hall–Kier alpha value is -1.07. The summed E-state index contributed by atoms with van der Waals surface area (Å²) in [5.41, 5.74) is 2.31. The second-order valence-corrected chi connectivity index (χ2v) is 6.40. The van der Waals surface area contributed by atoms with E-state index < -0.39 is 0 Å². The van der Waals surface area contributed by atoms with Crippen molar-refractivity contribution in [2.45, 2.75) is 26.3 Å². The topological polar surface area (TPSA) is 38.8 Å². The van der Waals surface area contributed by atoms with Gasteiger partial charge in [0.1, 0.15) is 5.75 Å². The fourth-order valence-corrected chi connectivity index (χ4v) is 3.56. The van der Waals surface area contributed by atoms with Gasteiger partial charge >= 0.3 is 5.97 Å². The molecule has 1 aliphatic rings. The first-order valence-corrected chi connectivity index (χ1v) is 7.97. The van der Waals surface area contributed by atoms with Crippen LogP contribution in [0.15, 0.2) is 16.6 Å². The third kappa shape index (κ3) is 3.98. The molecule has 0 N–H and O–H groups in total. The summed E-state index contributed by atoms with van der Waals surface area (Å²) in [6.45, 7) is 4.72. The Morgan fingerprint density at radius 1 is 1.33 bits per heavy atom. The van der Waals surface area contributed by atoms with Gasteiger partial charge in [-0.3, -0.25) is 9.69 Å². The molecule has 0 amide bonds. The van der Waals surface area contributed by atoms with Gasteiger partial charge in [0.25, 0.3) is 0 Å². The zero-order valence-corrected chi connectivity index (χ0v) is 14.4. The predicted octanol–water partition coefficient (Wildman–Crippen LogP) is 3.15. The average Bonchev–Trinajstić information content (AvgIpc) is 2.47. The van der Waals surface area contributed by atoms with Gasteiger partial charge in [-0.2, -0.15) is 0 Å². The Labute approximate surface area is 134 Å². The van der Waals surface area contributed by atoms with E-state index in [0.717, 1.165) is 48.3 Å². The molecule has 5 heteroatoms. The molecule has 1 aromatic carbocycles. The number of ether oxygens (including phenoxy) is 2. The summed E-state index contributed by atoms with van der Waals surface area (Å²) in [6, 6.07) is 4.17. The van der Waals surface area contributed by atoms with Crippen molar-refractivity contribution in [1.82, 2.24) is 4.90 Å². The molecule has 1 heterocycles. The Morgan fingerprint density at radius 3 is 2.57 bits per heavy atom. The summed E-state index contributed by atoms with van der Waals surface area (Å²) in [5.74, 6) is 0.927. The standard InChI is InChI=1S/C16H22BrNO3/c1-11-8-14(17)9-13(15(11)20-2)10-18-6-4-12(5-7-18)16(19)21-3/h8-9,12H,4-7,10H2,1-3H3. The van der Waals surface area contributed by atoms with Gasteiger partial charge in [0.05, 0.1) is 20.1 Å². The lowest BCUT2D eigenvalue weighted by Crippen LogP contribution is -2.36. The molecule has 0 aromatic heterocycles. The number of halogens is 1. The lowest BCUT2D eigenvalue weighted by Gasteiger charge is -2.31. The molecule has 1 aliphatic heterocycles. The number of carbonyl (C=O) groups excluding carboxylic acids is 1. The largest absolute Gasteiger partial charge is 0.496 e. The van der Waals surface area contributed by atoms with E-state index in [2.05, 4.69) is 39.9 Å². The molecule has 0 aliphatic carbocycles. The van der Waals surface area contributed by atoms with E-state index in [4.69, 9.17) is 9.47 Å². The molecular formula is C16H22BrNO3. The number of piperidine rings is 1. The number of rotatable bonds is 4. The number of aryl methyl sites for hydroxylation is 1. The van der Waals surface area contributed by atoms with Gasteiger partial charge in [-0.25, -0.2) is 0 Å². The van der Waals surface area contributed by atoms with Crippen molar-refractivity contribution in [3.05, 3.63) is 27.7 Å². The normalized spacial score (nSPS) is 16.8. The van der Waals surface area contributed by atoms with Gasteiger partial charge < -0.3 is 9.47 Å². The number of methoxy groups -OCH3 is 2. The average molecular weight is 356 g/mol. The molecule has 1 saturated heterocycles. The van der Waals surface area contributed by atoms with Gasteiger partial charge in [-0.15, -0.1) is 0 Å². The molecular weight excluding hydrogens is 334 g/mol. The summed E-state index contributed by atoms with van der Waals surface area (Å²) >= 11 is 3.54. The molecule has 2 rings (SSSR count). The Morgan fingerprint density at radius 2 is 2.00 bits per heavy atom. The van der Waals surface area contributed by atoms with Crippen molar-refractivity contribution in [1.29, 1.82) is 0 Å². The number of carbonyl (C=O) groups is 1. The van der Waals surface area contributed by atoms with Gasteiger partial charge in [-0.05, 0) is 50.6 Å². The highest BCUT2D eigenvalue weighted by atomic mass is 79.9. The highest BCUT2D eigenvalue weighted by molar-refractivity contribution is 9.10. The van der Waals surface area contributed by atoms with Crippen LogP contribution in [0.25, 0.3) is 0 Å². The van der Waals surface area contributed by atoms with Crippen molar-refractivity contribution in [3.63, 3.8) is 0 Å². The first-order valence-electron chi connectivity index (χ1n) is 7.18. The number of nitrogens with zero attached hydrogens (tertiary/aromatic N) is 1. The van der Waals surface area contributed by atoms with Crippen LogP contribution in [0.3, 0.4) is 0 Å². The molecule has 0 saturated carbocycles. The first-order chi connectivity index (χ1) is 10.0. The van der Waals surface area contributed by atoms with Crippen LogP contribution in [0.2, 0.25) is 0 Å². The van der Waals surface area contributed by atoms with Crippen LogP contribution in [0.1, 0.15) is 24.0 Å². The fraction of sp³-hybridized carbons (Fsp3) is 0.562. The van der Waals surface area contributed by atoms with Gasteiger partial charge in [0.2, 0.25) is 0 Å². The quantitative estimate of drug-likeness (QED) is 0.777. The molecule has 0 radical (unpaired) electrons. The number of benzene rings is 1. The van der Waals surface area contributed by atoms with E-state index in [-0.39, 0.29) is 11.9 Å². The maximum absolute atomic E-state index is 11.6. The van der Waals surface area contributed by atoms with E-state index in [1.165, 1.54) is 12.7 Å². The smallest absolute Gasteiger partial charge is 0.308 e. The second kappa shape index (κ2) is 7.27. The Kier molecular flexibility index (Phi) is 5.65. The molecule has 0 bridgehead atoms. The number of esters is 1. The lowest BCUT2D eigenvalue weighted by molar-refractivity contribution is -0.147. The van der Waals surface area contributed by atoms with Crippen molar-refractivity contribution in [3.8, 4) is 5.75 Å². The molecule has 4 nitrogen and oxygen atoms in total. The number of hydrogen-bond donors (Lipinski definition) is 0. The van der Waals surface area contributed by atoms with E-state index in [0.29, 0.717) is 0 Å². The van der Waals surface area contributed by atoms with Gasteiger partial charge in [0, 0.05) is 16.6 Å². The summed E-state index contributed by atoms with van der Waals surface area (Å²) in [7, 11) is 3.17. The molecule has 0 spiro atoms. The van der Waals surface area contributed by atoms with Crippen LogP contribution in [0.4, 0.5) is 0 Å². The van der Waals surface area contributed by atoms with Crippen LogP contribution < -0.4 is 4.74 Å². The monoisotopic (exact) mass is 355 g/mol. The van der Waals surface area contributed by atoms with Crippen molar-refractivity contribution in [2.75, 3.05) is 27.3 Å². The number of hydrogen-bond acceptors (Lipinski definition) is 4. The van der Waals surface area contributed by atoms with E-state index in [1.54, 1.807) is 7.11 Å². The minimum Gasteiger partial charge on any atom is -0.496 e. The van der Waals surface area contributed by atoms with E-state index in [9.17, 15) is 4.79 Å². The Bertz CT molecular complexity index is 510. The molecule has 0 unspecified atom stereocenters. The first kappa shape index (κ1) is 16.3. The van der Waals surface area contributed by atoms with Crippen molar-refractivity contribution >= 4 is 21.9 Å². The third-order valence-electron chi connectivity index (χ3n) is 4.04. The van der Waals surface area contributed by atoms with E-state index in [1.807, 2.05) is 0 Å². The molecule has 21 heavy (non-hydrogen) atoms. The van der Waals surface area contributed by atoms with Crippen LogP contribution in [-0.2, 0) is 16.1 Å². The van der Waals surface area contributed by atoms with Gasteiger partial charge in [-0.1, -0.05) is 15.9 Å². The Balaban J connectivity index is 2.02. The van der Waals surface area contributed by atoms with Crippen LogP contribution in [-0.4, -0.2) is 38.2 Å². The third-order valence-corrected chi connectivity index (χ3v) is 4.49. The summed E-state index contributed by atoms with van der Waals surface area (Å²) < 4.78 is 11.4. The molecule has 116 valence electrons. The molecule has 0 atom stereocenters. The fourth-order valence-electron chi connectivity index (χ4n) is 2.94. The van der Waals surface area contributed by atoms with E-state index >= 15 is 0 Å². The van der Waals surface area contributed by atoms with Crippen molar-refractivity contribution in [2.24, 2.45) is 5.92 Å². The summed E-state index contributed by atoms with van der Waals surface area (Å²) in [5, 5.41) is 0. The zero-order chi connectivity index (χ0) is 15.4. The zero-order valence-electron chi connectivity index (χ0n) is 12.8. The SMILES string of the molecule is COC(=O)C1CCN(Cc2cc(Br)cc(C)c2OC)CC1. The van der Waals surface area contributed by atoms with Crippen LogP contribution >= 0.6 is 15.9 Å². The highest BCUT2D eigenvalue weighted by Gasteiger charge is 2.26. The van der Waals surface area contributed by atoms with Crippen molar-refractivity contribution < 1.29 is 14.3 Å². The predicted molar refractivity (Wildman–Crippen MR) is 85.4 cm³/mol. The van der Waals surface area contributed by atoms with Crippen LogP contribution in [0, 0.1) is 12.8 Å². The second-order valence-electron chi connectivity index (χ2n) is 5.49. The van der Waals surface area contributed by atoms with Gasteiger partial charge in [0.15, 0.2) is 0 Å². The molecule has 1 aromatic rings. The van der Waals surface area contributed by atoms with Crippen LogP contribution in [0.5, 0.6) is 5.75 Å². The lowest BCUT2D eigenvalue weighted by atomic mass is 9.96. The number of likely N-dealkylation sites (tertiary alicyclic amines) is 1. The maximum atomic E-state index is 11.6. The maximum Gasteiger partial charge on any atom is 0.308 e. The summed E-state index contributed by atoms with van der Waals surface area (Å²) in [6.07, 6.45) is 1.73. The minimum atomic E-state index is -0.0782. The minimum absolute atomic E-state index is 0.0531. The molecule has 1 fully saturated rings.